The average molecular weight is 324 g/mol. The molecule has 2 aromatic carbocycles. The minimum atomic E-state index is 0.459. The molecule has 1 aliphatic heterocycles. The molecule has 1 saturated heterocycles. The van der Waals surface area contributed by atoms with Crippen LogP contribution < -0.4 is 0 Å². The maximum absolute atomic E-state index is 4.98. The van der Waals surface area contributed by atoms with Crippen LogP contribution in [0.1, 0.15) is 35.8 Å². The van der Waals surface area contributed by atoms with Crippen LogP contribution in [0.25, 0.3) is 0 Å². The van der Waals surface area contributed by atoms with Crippen LogP contribution >= 0.6 is 11.8 Å². The number of aryl methyl sites for hydroxylation is 2. The summed E-state index contributed by atoms with van der Waals surface area (Å²) in [7, 11) is 0. The molecule has 2 nitrogen and oxygen atoms in total. The Balaban J connectivity index is 1.91. The van der Waals surface area contributed by atoms with Crippen molar-refractivity contribution in [1.29, 1.82) is 0 Å². The van der Waals surface area contributed by atoms with Crippen LogP contribution in [0.2, 0.25) is 0 Å². The van der Waals surface area contributed by atoms with E-state index >= 15 is 0 Å². The van der Waals surface area contributed by atoms with Crippen molar-refractivity contribution in [2.45, 2.75) is 39.0 Å². The molecule has 0 bridgehead atoms. The van der Waals surface area contributed by atoms with Gasteiger partial charge in [-0.15, -0.1) is 0 Å². The molecule has 1 aliphatic rings. The van der Waals surface area contributed by atoms with Gasteiger partial charge >= 0.3 is 0 Å². The van der Waals surface area contributed by atoms with E-state index in [1.807, 2.05) is 11.8 Å². The van der Waals surface area contributed by atoms with Gasteiger partial charge in [-0.2, -0.15) is 0 Å². The summed E-state index contributed by atoms with van der Waals surface area (Å²) in [5.41, 5.74) is 4.99. The summed E-state index contributed by atoms with van der Waals surface area (Å²) in [5, 5.41) is 1.60. The van der Waals surface area contributed by atoms with Gasteiger partial charge in [0, 0.05) is 12.6 Å². The maximum atomic E-state index is 4.98. The first kappa shape index (κ1) is 16.1. The van der Waals surface area contributed by atoms with Crippen molar-refractivity contribution in [2.24, 2.45) is 4.99 Å². The quantitative estimate of drug-likeness (QED) is 0.742. The first-order valence-corrected chi connectivity index (χ1v) is 9.07. The second-order valence-corrected chi connectivity index (χ2v) is 7.62. The highest BCUT2D eigenvalue weighted by atomic mass is 32.2. The molecule has 0 aliphatic carbocycles. The van der Waals surface area contributed by atoms with E-state index < -0.39 is 0 Å². The molecular formula is C20H24N2S. The molecule has 1 fully saturated rings. The zero-order chi connectivity index (χ0) is 16.4. The van der Waals surface area contributed by atoms with Crippen molar-refractivity contribution in [3.05, 3.63) is 65.2 Å². The molecule has 0 aromatic heterocycles. The van der Waals surface area contributed by atoms with E-state index in [-0.39, 0.29) is 0 Å². The molecule has 2 aromatic rings. The van der Waals surface area contributed by atoms with Crippen LogP contribution in [0, 0.1) is 13.8 Å². The molecule has 0 saturated carbocycles. The third-order valence-corrected chi connectivity index (χ3v) is 5.46. The normalized spacial score (nSPS) is 19.8. The van der Waals surface area contributed by atoms with E-state index in [1.54, 1.807) is 0 Å². The third kappa shape index (κ3) is 3.61. The highest BCUT2D eigenvalue weighted by Gasteiger charge is 2.31. The summed E-state index contributed by atoms with van der Waals surface area (Å²) in [5.74, 6) is 0. The fourth-order valence-corrected chi connectivity index (χ4v) is 4.24. The van der Waals surface area contributed by atoms with Crippen LogP contribution in [0.4, 0.5) is 5.69 Å². The highest BCUT2D eigenvalue weighted by Crippen LogP contribution is 2.40. The molecular weight excluding hydrogens is 300 g/mol. The van der Waals surface area contributed by atoms with Gasteiger partial charge in [0.05, 0.1) is 10.9 Å². The van der Waals surface area contributed by atoms with Crippen molar-refractivity contribution in [3.8, 4) is 0 Å². The van der Waals surface area contributed by atoms with Gasteiger partial charge in [0.25, 0.3) is 0 Å². The van der Waals surface area contributed by atoms with Gasteiger partial charge in [0.2, 0.25) is 0 Å². The topological polar surface area (TPSA) is 15.6 Å². The zero-order valence-corrected chi connectivity index (χ0v) is 15.1. The van der Waals surface area contributed by atoms with E-state index in [0.717, 1.165) is 17.4 Å². The fraction of sp³-hybridized carbons (Fsp3) is 0.350. The maximum Gasteiger partial charge on any atom is 0.165 e. The molecule has 3 rings (SSSR count). The van der Waals surface area contributed by atoms with E-state index in [2.05, 4.69) is 81.1 Å². The third-order valence-electron chi connectivity index (χ3n) is 4.22. The number of amidine groups is 1. The smallest absolute Gasteiger partial charge is 0.165 e. The van der Waals surface area contributed by atoms with Gasteiger partial charge < -0.3 is 4.90 Å². The minimum absolute atomic E-state index is 0.459. The largest absolute Gasteiger partial charge is 0.347 e. The predicted octanol–water partition coefficient (Wildman–Crippen LogP) is 5.49. The lowest BCUT2D eigenvalue weighted by atomic mass is 10.1. The molecule has 0 spiro atoms. The van der Waals surface area contributed by atoms with Crippen LogP contribution in [-0.2, 0) is 0 Å². The average Bonchev–Trinajstić information content (AvgIpc) is 2.95. The molecule has 120 valence electrons. The summed E-state index contributed by atoms with van der Waals surface area (Å²) in [4.78, 5) is 7.40. The van der Waals surface area contributed by atoms with E-state index in [1.165, 1.54) is 16.7 Å². The lowest BCUT2D eigenvalue weighted by Gasteiger charge is -2.23. The molecule has 3 heteroatoms. The van der Waals surface area contributed by atoms with Crippen molar-refractivity contribution in [3.63, 3.8) is 0 Å². The van der Waals surface area contributed by atoms with Crippen LogP contribution in [0.5, 0.6) is 0 Å². The van der Waals surface area contributed by atoms with Crippen molar-refractivity contribution >= 4 is 22.6 Å². The molecule has 0 amide bonds. The standard InChI is InChI=1S/C20H24N2S/c1-14(2)22-13-19(17-8-6-5-7-9-17)23-20(22)21-18-11-10-15(3)12-16(18)4/h5-12,14,19H,13H2,1-4H3/t19-/m0/s1. The number of hydrogen-bond donors (Lipinski definition) is 0. The van der Waals surface area contributed by atoms with E-state index in [9.17, 15) is 0 Å². The summed E-state index contributed by atoms with van der Waals surface area (Å²) < 4.78 is 0. The Kier molecular flexibility index (Phi) is 4.76. The van der Waals surface area contributed by atoms with Gasteiger partial charge in [-0.1, -0.05) is 59.8 Å². The van der Waals surface area contributed by atoms with Crippen molar-refractivity contribution in [2.75, 3.05) is 6.54 Å². The summed E-state index contributed by atoms with van der Waals surface area (Å²) in [6, 6.07) is 17.7. The van der Waals surface area contributed by atoms with Crippen LogP contribution in [0.15, 0.2) is 53.5 Å². The number of hydrogen-bond acceptors (Lipinski definition) is 2. The lowest BCUT2D eigenvalue weighted by Crippen LogP contribution is -2.31. The van der Waals surface area contributed by atoms with Gasteiger partial charge in [0.15, 0.2) is 5.17 Å². The molecule has 0 radical (unpaired) electrons. The Morgan fingerprint density at radius 1 is 1.09 bits per heavy atom. The Morgan fingerprint density at radius 3 is 2.48 bits per heavy atom. The molecule has 0 unspecified atom stereocenters. The Hall–Kier alpha value is -1.74. The molecule has 1 heterocycles. The first-order valence-electron chi connectivity index (χ1n) is 8.19. The number of nitrogens with zero attached hydrogens (tertiary/aromatic N) is 2. The van der Waals surface area contributed by atoms with E-state index in [0.29, 0.717) is 11.3 Å². The zero-order valence-electron chi connectivity index (χ0n) is 14.3. The highest BCUT2D eigenvalue weighted by molar-refractivity contribution is 8.14. The SMILES string of the molecule is Cc1ccc(N=C2S[C@H](c3ccccc3)CN2C(C)C)c(C)c1. The van der Waals surface area contributed by atoms with Crippen LogP contribution in [-0.4, -0.2) is 22.7 Å². The molecule has 0 N–H and O–H groups in total. The lowest BCUT2D eigenvalue weighted by molar-refractivity contribution is 0.367. The second-order valence-electron chi connectivity index (χ2n) is 6.45. The van der Waals surface area contributed by atoms with E-state index in [4.69, 9.17) is 4.99 Å². The number of rotatable bonds is 3. The summed E-state index contributed by atoms with van der Waals surface area (Å²) >= 11 is 1.88. The van der Waals surface area contributed by atoms with Gasteiger partial charge in [-0.05, 0) is 44.9 Å². The molecule has 23 heavy (non-hydrogen) atoms. The predicted molar refractivity (Wildman–Crippen MR) is 102 cm³/mol. The Bertz CT molecular complexity index is 707. The van der Waals surface area contributed by atoms with Crippen LogP contribution in [0.3, 0.4) is 0 Å². The molecule has 1 atom stereocenters. The number of thioether (sulfide) groups is 1. The first-order chi connectivity index (χ1) is 11.0. The minimum Gasteiger partial charge on any atom is -0.347 e. The van der Waals surface area contributed by atoms with Crippen molar-refractivity contribution < 1.29 is 0 Å². The Morgan fingerprint density at radius 2 is 1.83 bits per heavy atom. The Labute approximate surface area is 143 Å². The van der Waals surface area contributed by atoms with Crippen molar-refractivity contribution in [1.82, 2.24) is 4.90 Å². The summed E-state index contributed by atoms with van der Waals surface area (Å²) in [6.45, 7) is 9.77. The number of benzene rings is 2. The van der Waals surface area contributed by atoms with Gasteiger partial charge in [-0.25, -0.2) is 4.99 Å². The monoisotopic (exact) mass is 324 g/mol. The summed E-state index contributed by atoms with van der Waals surface area (Å²) in [6.07, 6.45) is 0. The van der Waals surface area contributed by atoms with Gasteiger partial charge in [-0.3, -0.25) is 0 Å². The fourth-order valence-electron chi connectivity index (χ4n) is 2.89. The number of aliphatic imine (C=N–C) groups is 1. The second kappa shape index (κ2) is 6.79. The van der Waals surface area contributed by atoms with Gasteiger partial charge in [0.1, 0.15) is 0 Å².